The summed E-state index contributed by atoms with van der Waals surface area (Å²) >= 11 is 0. The summed E-state index contributed by atoms with van der Waals surface area (Å²) in [5, 5.41) is 8.97. The molecule has 5 heteroatoms. The smallest absolute Gasteiger partial charge is 0.308 e. The van der Waals surface area contributed by atoms with Gasteiger partial charge in [-0.15, -0.1) is 0 Å². The summed E-state index contributed by atoms with van der Waals surface area (Å²) in [6, 6.07) is 3.29. The number of aliphatic carboxylic acids is 1. The van der Waals surface area contributed by atoms with Crippen LogP contribution in [0.4, 0.5) is 8.78 Å². The molecule has 1 unspecified atom stereocenters. The van der Waals surface area contributed by atoms with Crippen LogP contribution in [0.1, 0.15) is 25.3 Å². The molecule has 18 heavy (non-hydrogen) atoms. The molecule has 0 aliphatic carbocycles. The number of benzene rings is 1. The first kappa shape index (κ1) is 13.0. The Morgan fingerprint density at radius 2 is 2.28 bits per heavy atom. The largest absolute Gasteiger partial charge is 0.481 e. The Balaban J connectivity index is 2.37. The van der Waals surface area contributed by atoms with Gasteiger partial charge in [-0.05, 0) is 18.9 Å². The standard InChI is InChI=1S/C13H14F2O3/c1-2-13(6-8(7-18-13)12(16)17)10-4-3-9(14)5-11(10)15/h3-5,8H,2,6-7H2,1H3,(H,16,17)/t8?,13-/m1/s1. The monoisotopic (exact) mass is 256 g/mol. The minimum atomic E-state index is -0.958. The second kappa shape index (κ2) is 4.65. The lowest BCUT2D eigenvalue weighted by atomic mass is 9.85. The van der Waals surface area contributed by atoms with Gasteiger partial charge in [0, 0.05) is 11.6 Å². The third-order valence-electron chi connectivity index (χ3n) is 3.48. The normalized spacial score (nSPS) is 27.4. The van der Waals surface area contributed by atoms with E-state index in [0.29, 0.717) is 6.42 Å². The molecule has 1 aliphatic rings. The van der Waals surface area contributed by atoms with E-state index in [0.717, 1.165) is 12.1 Å². The molecule has 0 saturated carbocycles. The Morgan fingerprint density at radius 1 is 1.56 bits per heavy atom. The molecular formula is C13H14F2O3. The van der Waals surface area contributed by atoms with Crippen molar-refractivity contribution in [3.05, 3.63) is 35.4 Å². The van der Waals surface area contributed by atoms with E-state index in [1.807, 2.05) is 0 Å². The van der Waals surface area contributed by atoms with Gasteiger partial charge in [0.15, 0.2) is 0 Å². The zero-order valence-corrected chi connectivity index (χ0v) is 9.95. The predicted molar refractivity (Wildman–Crippen MR) is 60.0 cm³/mol. The Bertz CT molecular complexity index is 475. The zero-order valence-electron chi connectivity index (χ0n) is 9.95. The molecule has 1 N–H and O–H groups in total. The van der Waals surface area contributed by atoms with Crippen molar-refractivity contribution >= 4 is 5.97 Å². The van der Waals surface area contributed by atoms with E-state index in [1.54, 1.807) is 6.92 Å². The Kier molecular flexibility index (Phi) is 3.34. The van der Waals surface area contributed by atoms with Crippen LogP contribution in [0.2, 0.25) is 0 Å². The van der Waals surface area contributed by atoms with E-state index in [1.165, 1.54) is 6.07 Å². The molecule has 0 amide bonds. The molecule has 3 nitrogen and oxygen atoms in total. The molecule has 0 radical (unpaired) electrons. The van der Waals surface area contributed by atoms with Gasteiger partial charge < -0.3 is 9.84 Å². The lowest BCUT2D eigenvalue weighted by Crippen LogP contribution is -2.26. The molecule has 0 spiro atoms. The second-order valence-electron chi connectivity index (χ2n) is 4.52. The summed E-state index contributed by atoms with van der Waals surface area (Å²) in [7, 11) is 0. The lowest BCUT2D eigenvalue weighted by molar-refractivity contribution is -0.141. The first-order chi connectivity index (χ1) is 8.48. The Labute approximate surface area is 103 Å². The number of rotatable bonds is 3. The first-order valence-corrected chi connectivity index (χ1v) is 5.81. The Hall–Kier alpha value is -1.49. The molecule has 1 aromatic carbocycles. The lowest BCUT2D eigenvalue weighted by Gasteiger charge is -2.28. The van der Waals surface area contributed by atoms with Crippen molar-refractivity contribution < 1.29 is 23.4 Å². The molecule has 1 aromatic rings. The van der Waals surface area contributed by atoms with Crippen molar-refractivity contribution in [2.45, 2.75) is 25.4 Å². The number of halogens is 2. The van der Waals surface area contributed by atoms with Crippen LogP contribution >= 0.6 is 0 Å². The van der Waals surface area contributed by atoms with E-state index < -0.39 is 29.1 Å². The van der Waals surface area contributed by atoms with Gasteiger partial charge in [-0.1, -0.05) is 13.0 Å². The minimum Gasteiger partial charge on any atom is -0.481 e. The molecule has 1 heterocycles. The third-order valence-corrected chi connectivity index (χ3v) is 3.48. The molecule has 1 saturated heterocycles. The first-order valence-electron chi connectivity index (χ1n) is 5.81. The van der Waals surface area contributed by atoms with E-state index in [2.05, 4.69) is 0 Å². The maximum atomic E-state index is 13.8. The van der Waals surface area contributed by atoms with Crippen LogP contribution in [-0.2, 0) is 15.1 Å². The molecule has 0 bridgehead atoms. The molecule has 2 rings (SSSR count). The summed E-state index contributed by atoms with van der Waals surface area (Å²) in [6.45, 7) is 1.85. The minimum absolute atomic E-state index is 0.0555. The van der Waals surface area contributed by atoms with Gasteiger partial charge in [-0.3, -0.25) is 4.79 Å². The predicted octanol–water partition coefficient (Wildman–Crippen LogP) is 2.69. The SMILES string of the molecule is CC[C@]1(c2ccc(F)cc2F)CC(C(=O)O)CO1. The molecular weight excluding hydrogens is 242 g/mol. The maximum Gasteiger partial charge on any atom is 0.308 e. The third kappa shape index (κ3) is 2.10. The highest BCUT2D eigenvalue weighted by molar-refractivity contribution is 5.70. The number of hydrogen-bond donors (Lipinski definition) is 1. The fraction of sp³-hybridized carbons (Fsp3) is 0.462. The van der Waals surface area contributed by atoms with Gasteiger partial charge in [0.1, 0.15) is 11.6 Å². The number of carboxylic acids is 1. The van der Waals surface area contributed by atoms with Crippen molar-refractivity contribution in [3.63, 3.8) is 0 Å². The van der Waals surface area contributed by atoms with Crippen LogP contribution in [0.5, 0.6) is 0 Å². The average molecular weight is 256 g/mol. The van der Waals surface area contributed by atoms with Crippen LogP contribution in [0.15, 0.2) is 18.2 Å². The van der Waals surface area contributed by atoms with Crippen LogP contribution in [0, 0.1) is 17.6 Å². The highest BCUT2D eigenvalue weighted by Crippen LogP contribution is 2.42. The van der Waals surface area contributed by atoms with E-state index in [9.17, 15) is 13.6 Å². The van der Waals surface area contributed by atoms with E-state index in [4.69, 9.17) is 9.84 Å². The van der Waals surface area contributed by atoms with Crippen LogP contribution in [0.3, 0.4) is 0 Å². The molecule has 1 fully saturated rings. The number of carboxylic acid groups (broad SMARTS) is 1. The van der Waals surface area contributed by atoms with Crippen molar-refractivity contribution in [2.24, 2.45) is 5.92 Å². The molecule has 2 atom stereocenters. The fourth-order valence-electron chi connectivity index (χ4n) is 2.42. The molecule has 1 aliphatic heterocycles. The molecule has 98 valence electrons. The number of carbonyl (C=O) groups is 1. The van der Waals surface area contributed by atoms with Crippen LogP contribution in [0.25, 0.3) is 0 Å². The fourth-order valence-corrected chi connectivity index (χ4v) is 2.42. The highest BCUT2D eigenvalue weighted by Gasteiger charge is 2.44. The van der Waals surface area contributed by atoms with Crippen LogP contribution < -0.4 is 0 Å². The number of ether oxygens (including phenoxy) is 1. The zero-order chi connectivity index (χ0) is 13.3. The van der Waals surface area contributed by atoms with Gasteiger partial charge in [0.25, 0.3) is 0 Å². The maximum absolute atomic E-state index is 13.8. The van der Waals surface area contributed by atoms with Crippen molar-refractivity contribution in [1.29, 1.82) is 0 Å². The van der Waals surface area contributed by atoms with Gasteiger partial charge in [-0.25, -0.2) is 8.78 Å². The summed E-state index contributed by atoms with van der Waals surface area (Å²) in [5.74, 6) is -2.94. The topological polar surface area (TPSA) is 46.5 Å². The van der Waals surface area contributed by atoms with Crippen LogP contribution in [-0.4, -0.2) is 17.7 Å². The quantitative estimate of drug-likeness (QED) is 0.904. The molecule has 0 aromatic heterocycles. The average Bonchev–Trinajstić information content (AvgIpc) is 2.74. The summed E-state index contributed by atoms with van der Waals surface area (Å²) < 4.78 is 32.2. The van der Waals surface area contributed by atoms with Gasteiger partial charge in [-0.2, -0.15) is 0 Å². The van der Waals surface area contributed by atoms with E-state index in [-0.39, 0.29) is 18.6 Å². The van der Waals surface area contributed by atoms with Gasteiger partial charge in [0.2, 0.25) is 0 Å². The van der Waals surface area contributed by atoms with E-state index >= 15 is 0 Å². The number of hydrogen-bond acceptors (Lipinski definition) is 2. The summed E-state index contributed by atoms with van der Waals surface area (Å²) in [5.41, 5.74) is -0.726. The van der Waals surface area contributed by atoms with Gasteiger partial charge >= 0.3 is 5.97 Å². The van der Waals surface area contributed by atoms with Gasteiger partial charge in [0.05, 0.1) is 18.1 Å². The Morgan fingerprint density at radius 3 is 2.78 bits per heavy atom. The summed E-state index contributed by atoms with van der Waals surface area (Å²) in [4.78, 5) is 10.9. The van der Waals surface area contributed by atoms with Crippen molar-refractivity contribution in [2.75, 3.05) is 6.61 Å². The van der Waals surface area contributed by atoms with Crippen molar-refractivity contribution in [1.82, 2.24) is 0 Å². The highest BCUT2D eigenvalue weighted by atomic mass is 19.1. The second-order valence-corrected chi connectivity index (χ2v) is 4.52. The summed E-state index contributed by atoms with van der Waals surface area (Å²) in [6.07, 6.45) is 0.653. The van der Waals surface area contributed by atoms with Crippen molar-refractivity contribution in [3.8, 4) is 0 Å².